The van der Waals surface area contributed by atoms with E-state index in [1.165, 1.54) is 29.5 Å². The zero-order chi connectivity index (χ0) is 19.2. The van der Waals surface area contributed by atoms with Crippen LogP contribution in [0.1, 0.15) is 11.1 Å². The van der Waals surface area contributed by atoms with Crippen LogP contribution in [0.3, 0.4) is 0 Å². The molecular formula is C19H12N4O3S. The number of thiazole rings is 1. The summed E-state index contributed by atoms with van der Waals surface area (Å²) in [6.45, 7) is 0. The van der Waals surface area contributed by atoms with E-state index in [-0.39, 0.29) is 11.6 Å². The van der Waals surface area contributed by atoms with Crippen LogP contribution in [0.25, 0.3) is 17.3 Å². The lowest BCUT2D eigenvalue weighted by atomic mass is 10.1. The van der Waals surface area contributed by atoms with Crippen molar-refractivity contribution in [2.24, 2.45) is 0 Å². The van der Waals surface area contributed by atoms with E-state index in [0.29, 0.717) is 22.0 Å². The Bertz CT molecular complexity index is 1050. The molecule has 0 saturated carbocycles. The average molecular weight is 376 g/mol. The maximum Gasteiger partial charge on any atom is 0.269 e. The minimum atomic E-state index is -0.478. The number of non-ortho nitro benzene ring substituents is 1. The van der Waals surface area contributed by atoms with Crippen molar-refractivity contribution in [3.05, 3.63) is 81.2 Å². The lowest BCUT2D eigenvalue weighted by Crippen LogP contribution is -2.07. The molecule has 0 saturated heterocycles. The number of benzene rings is 2. The summed E-state index contributed by atoms with van der Waals surface area (Å²) in [7, 11) is 0. The summed E-state index contributed by atoms with van der Waals surface area (Å²) in [5, 5.41) is 24.4. The van der Waals surface area contributed by atoms with Crippen LogP contribution in [0.2, 0.25) is 0 Å². The monoisotopic (exact) mass is 376 g/mol. The fourth-order valence-corrected chi connectivity index (χ4v) is 2.93. The third kappa shape index (κ3) is 4.62. The highest BCUT2D eigenvalue weighted by molar-refractivity contribution is 7.14. The van der Waals surface area contributed by atoms with Crippen LogP contribution < -0.4 is 5.32 Å². The maximum atomic E-state index is 12.0. The smallest absolute Gasteiger partial charge is 0.269 e. The molecule has 1 N–H and O–H groups in total. The minimum Gasteiger partial charge on any atom is -0.298 e. The molecule has 8 heteroatoms. The van der Waals surface area contributed by atoms with Crippen LogP contribution in [0.4, 0.5) is 10.8 Å². The SMILES string of the molecule is N#Cc1ccc(-c2csc(NC(=O)/C=C/c3ccc([N+](=O)[O-])cc3)n2)cc1. The van der Waals surface area contributed by atoms with E-state index in [9.17, 15) is 14.9 Å². The second-order valence-corrected chi connectivity index (χ2v) is 6.26. The summed E-state index contributed by atoms with van der Waals surface area (Å²) in [5.41, 5.74) is 2.80. The van der Waals surface area contributed by atoms with Gasteiger partial charge in [-0.05, 0) is 35.9 Å². The van der Waals surface area contributed by atoms with Crippen molar-refractivity contribution in [2.75, 3.05) is 5.32 Å². The van der Waals surface area contributed by atoms with E-state index in [4.69, 9.17) is 5.26 Å². The molecule has 0 aliphatic heterocycles. The summed E-state index contributed by atoms with van der Waals surface area (Å²) < 4.78 is 0. The van der Waals surface area contributed by atoms with Gasteiger partial charge in [0.25, 0.3) is 5.69 Å². The molecule has 0 radical (unpaired) electrons. The molecule has 0 aliphatic rings. The number of nitriles is 1. The third-order valence-electron chi connectivity index (χ3n) is 3.58. The molecular weight excluding hydrogens is 364 g/mol. The molecule has 1 aromatic heterocycles. The molecule has 0 spiro atoms. The first kappa shape index (κ1) is 18.0. The molecule has 1 amide bonds. The van der Waals surface area contributed by atoms with E-state index < -0.39 is 4.92 Å². The lowest BCUT2D eigenvalue weighted by molar-refractivity contribution is -0.384. The van der Waals surface area contributed by atoms with E-state index in [1.54, 1.807) is 42.5 Å². The Hall–Kier alpha value is -3.83. The number of anilines is 1. The fraction of sp³-hybridized carbons (Fsp3) is 0. The summed E-state index contributed by atoms with van der Waals surface area (Å²) in [5.74, 6) is -0.353. The Balaban J connectivity index is 1.63. The van der Waals surface area contributed by atoms with Gasteiger partial charge < -0.3 is 0 Å². The van der Waals surface area contributed by atoms with Crippen molar-refractivity contribution >= 4 is 34.1 Å². The first-order valence-corrected chi connectivity index (χ1v) is 8.63. The number of carbonyl (C=O) groups excluding carboxylic acids is 1. The number of hydrogen-bond donors (Lipinski definition) is 1. The largest absolute Gasteiger partial charge is 0.298 e. The van der Waals surface area contributed by atoms with Crippen molar-refractivity contribution in [3.8, 4) is 17.3 Å². The van der Waals surface area contributed by atoms with Gasteiger partial charge in [0, 0.05) is 29.2 Å². The fourth-order valence-electron chi connectivity index (χ4n) is 2.21. The van der Waals surface area contributed by atoms with Crippen molar-refractivity contribution in [1.29, 1.82) is 5.26 Å². The molecule has 132 valence electrons. The molecule has 0 aliphatic carbocycles. The topological polar surface area (TPSA) is 109 Å². The highest BCUT2D eigenvalue weighted by Crippen LogP contribution is 2.25. The summed E-state index contributed by atoms with van der Waals surface area (Å²) in [6.07, 6.45) is 2.90. The summed E-state index contributed by atoms with van der Waals surface area (Å²) in [6, 6.07) is 15.0. The molecule has 3 aromatic rings. The second kappa shape index (κ2) is 8.03. The molecule has 1 heterocycles. The first-order chi connectivity index (χ1) is 13.0. The molecule has 3 rings (SSSR count). The quantitative estimate of drug-likeness (QED) is 0.407. The van der Waals surface area contributed by atoms with Crippen molar-refractivity contribution in [2.45, 2.75) is 0 Å². The van der Waals surface area contributed by atoms with Crippen LogP contribution in [0, 0.1) is 21.4 Å². The maximum absolute atomic E-state index is 12.0. The highest BCUT2D eigenvalue weighted by atomic mass is 32.1. The number of nitrogens with one attached hydrogen (secondary N) is 1. The summed E-state index contributed by atoms with van der Waals surface area (Å²) >= 11 is 1.29. The molecule has 7 nitrogen and oxygen atoms in total. The minimum absolute atomic E-state index is 0.00489. The first-order valence-electron chi connectivity index (χ1n) is 7.75. The zero-order valence-corrected chi connectivity index (χ0v) is 14.6. The van der Waals surface area contributed by atoms with Crippen LogP contribution in [0.15, 0.2) is 60.0 Å². The molecule has 0 unspecified atom stereocenters. The predicted molar refractivity (Wildman–Crippen MR) is 103 cm³/mol. The van der Waals surface area contributed by atoms with Crippen LogP contribution in [0.5, 0.6) is 0 Å². The van der Waals surface area contributed by atoms with E-state index in [0.717, 1.165) is 5.56 Å². The number of aromatic nitrogens is 1. The van der Waals surface area contributed by atoms with Gasteiger partial charge in [-0.3, -0.25) is 20.2 Å². The molecule has 0 bridgehead atoms. The van der Waals surface area contributed by atoms with Gasteiger partial charge in [-0.15, -0.1) is 11.3 Å². The number of amides is 1. The summed E-state index contributed by atoms with van der Waals surface area (Å²) in [4.78, 5) is 26.5. The normalized spacial score (nSPS) is 10.5. The van der Waals surface area contributed by atoms with Crippen LogP contribution in [-0.4, -0.2) is 15.8 Å². The Morgan fingerprint density at radius 3 is 2.52 bits per heavy atom. The Kier molecular flexibility index (Phi) is 5.35. The van der Waals surface area contributed by atoms with E-state index in [2.05, 4.69) is 16.4 Å². The molecule has 2 aromatic carbocycles. The predicted octanol–water partition coefficient (Wildman–Crippen LogP) is 4.24. The van der Waals surface area contributed by atoms with Crippen molar-refractivity contribution < 1.29 is 9.72 Å². The van der Waals surface area contributed by atoms with Gasteiger partial charge in [0.2, 0.25) is 5.91 Å². The van der Waals surface area contributed by atoms with Gasteiger partial charge in [0.05, 0.1) is 22.2 Å². The van der Waals surface area contributed by atoms with Gasteiger partial charge in [-0.1, -0.05) is 12.1 Å². The van der Waals surface area contributed by atoms with E-state index in [1.807, 2.05) is 5.38 Å². The second-order valence-electron chi connectivity index (χ2n) is 5.40. The molecule has 27 heavy (non-hydrogen) atoms. The van der Waals surface area contributed by atoms with E-state index >= 15 is 0 Å². The van der Waals surface area contributed by atoms with Crippen molar-refractivity contribution in [1.82, 2.24) is 4.98 Å². The number of hydrogen-bond acceptors (Lipinski definition) is 6. The van der Waals surface area contributed by atoms with Gasteiger partial charge >= 0.3 is 0 Å². The Labute approximate surface area is 158 Å². The van der Waals surface area contributed by atoms with Gasteiger partial charge in [0.15, 0.2) is 5.13 Å². The Morgan fingerprint density at radius 1 is 1.19 bits per heavy atom. The van der Waals surface area contributed by atoms with Crippen LogP contribution >= 0.6 is 11.3 Å². The molecule has 0 fully saturated rings. The Morgan fingerprint density at radius 2 is 1.89 bits per heavy atom. The molecule has 0 atom stereocenters. The van der Waals surface area contributed by atoms with Crippen LogP contribution in [-0.2, 0) is 4.79 Å². The number of nitro benzene ring substituents is 1. The van der Waals surface area contributed by atoms with Gasteiger partial charge in [-0.2, -0.15) is 5.26 Å². The number of nitro groups is 1. The highest BCUT2D eigenvalue weighted by Gasteiger charge is 2.07. The zero-order valence-electron chi connectivity index (χ0n) is 13.8. The third-order valence-corrected chi connectivity index (χ3v) is 4.33. The van der Waals surface area contributed by atoms with Gasteiger partial charge in [0.1, 0.15) is 0 Å². The number of rotatable bonds is 5. The standard InChI is InChI=1S/C19H12N4O3S/c20-11-14-1-6-15(7-2-14)17-12-27-19(21-17)22-18(24)10-5-13-3-8-16(9-4-13)23(25)26/h1-10,12H,(H,21,22,24)/b10-5+. The average Bonchev–Trinajstić information content (AvgIpc) is 3.15. The number of carbonyl (C=O) groups is 1. The number of nitrogens with zero attached hydrogens (tertiary/aromatic N) is 3. The van der Waals surface area contributed by atoms with Crippen molar-refractivity contribution in [3.63, 3.8) is 0 Å². The lowest BCUT2D eigenvalue weighted by Gasteiger charge is -1.98. The van der Waals surface area contributed by atoms with Gasteiger partial charge in [-0.25, -0.2) is 4.98 Å².